The molecule has 0 fully saturated rings. The van der Waals surface area contributed by atoms with E-state index in [1.807, 2.05) is 13.0 Å². The fourth-order valence-corrected chi connectivity index (χ4v) is 1.74. The molecule has 0 unspecified atom stereocenters. The van der Waals surface area contributed by atoms with Gasteiger partial charge >= 0.3 is 0 Å². The van der Waals surface area contributed by atoms with E-state index in [0.29, 0.717) is 10.0 Å². The summed E-state index contributed by atoms with van der Waals surface area (Å²) < 4.78 is 24.9. The molecule has 0 saturated heterocycles. The van der Waals surface area contributed by atoms with Crippen molar-refractivity contribution in [2.24, 2.45) is 0 Å². The number of aryl methyl sites for hydroxylation is 1. The predicted octanol–water partition coefficient (Wildman–Crippen LogP) is 3.09. The minimum atomic E-state index is -2.52. The van der Waals surface area contributed by atoms with Gasteiger partial charge in [0.2, 0.25) is 0 Å². The van der Waals surface area contributed by atoms with Crippen LogP contribution < -0.4 is 0 Å². The van der Waals surface area contributed by atoms with Crippen LogP contribution in [0.1, 0.15) is 15.9 Å². The number of halogens is 3. The van der Waals surface area contributed by atoms with E-state index >= 15 is 0 Å². The maximum Gasteiger partial charge on any atom is 0.255 e. The lowest BCUT2D eigenvalue weighted by Crippen LogP contribution is -2.31. The van der Waals surface area contributed by atoms with Crippen LogP contribution in [0.3, 0.4) is 0 Å². The molecule has 0 aliphatic rings. The van der Waals surface area contributed by atoms with Crippen LogP contribution in [0.2, 0.25) is 0 Å². The summed E-state index contributed by atoms with van der Waals surface area (Å²) in [6.45, 7) is 1.28. The van der Waals surface area contributed by atoms with Crippen molar-refractivity contribution in [1.29, 1.82) is 0 Å². The minimum Gasteiger partial charge on any atom is -0.336 e. The molecule has 0 bridgehead atoms. The predicted molar refractivity (Wildman–Crippen MR) is 61.8 cm³/mol. The lowest BCUT2D eigenvalue weighted by atomic mass is 10.1. The highest BCUT2D eigenvalue weighted by Gasteiger charge is 2.18. The molecule has 0 aliphatic heterocycles. The Balaban J connectivity index is 2.92. The second kappa shape index (κ2) is 5.39. The molecule has 16 heavy (non-hydrogen) atoms. The lowest BCUT2D eigenvalue weighted by molar-refractivity contribution is 0.0619. The number of amides is 1. The average Bonchev–Trinajstić information content (AvgIpc) is 2.20. The molecule has 1 amide bonds. The van der Waals surface area contributed by atoms with Crippen molar-refractivity contribution >= 4 is 21.8 Å². The molecule has 1 aromatic carbocycles. The maximum atomic E-state index is 12.1. The molecule has 88 valence electrons. The van der Waals surface area contributed by atoms with Gasteiger partial charge < -0.3 is 4.90 Å². The van der Waals surface area contributed by atoms with E-state index in [4.69, 9.17) is 0 Å². The Morgan fingerprint density at radius 1 is 1.50 bits per heavy atom. The molecule has 0 spiro atoms. The molecule has 1 aromatic rings. The number of carbonyl (C=O) groups is 1. The van der Waals surface area contributed by atoms with Gasteiger partial charge in [-0.1, -0.05) is 12.1 Å². The zero-order chi connectivity index (χ0) is 12.3. The van der Waals surface area contributed by atoms with Gasteiger partial charge in [0.1, 0.15) is 0 Å². The number of hydrogen-bond donors (Lipinski definition) is 0. The van der Waals surface area contributed by atoms with E-state index in [-0.39, 0.29) is 0 Å². The smallest absolute Gasteiger partial charge is 0.255 e. The number of nitrogens with zero attached hydrogens (tertiary/aromatic N) is 1. The quantitative estimate of drug-likeness (QED) is 0.838. The normalized spacial score (nSPS) is 10.6. The van der Waals surface area contributed by atoms with Gasteiger partial charge in [0.15, 0.2) is 0 Å². The van der Waals surface area contributed by atoms with Gasteiger partial charge in [-0.05, 0) is 34.5 Å². The Hall–Kier alpha value is -0.970. The third-order valence-corrected chi connectivity index (χ3v) is 3.23. The largest absolute Gasteiger partial charge is 0.336 e. The van der Waals surface area contributed by atoms with E-state index in [2.05, 4.69) is 15.9 Å². The highest BCUT2D eigenvalue weighted by molar-refractivity contribution is 9.10. The molecule has 2 nitrogen and oxygen atoms in total. The topological polar surface area (TPSA) is 20.3 Å². The van der Waals surface area contributed by atoms with E-state index in [0.717, 1.165) is 10.5 Å². The summed E-state index contributed by atoms with van der Waals surface area (Å²) in [4.78, 5) is 12.8. The molecule has 0 atom stereocenters. The van der Waals surface area contributed by atoms with Crippen molar-refractivity contribution < 1.29 is 13.6 Å². The molecular weight excluding hydrogens is 280 g/mol. The zero-order valence-corrected chi connectivity index (χ0v) is 10.6. The summed E-state index contributed by atoms with van der Waals surface area (Å²) in [6, 6.07) is 5.18. The van der Waals surface area contributed by atoms with Crippen molar-refractivity contribution in [2.45, 2.75) is 13.3 Å². The van der Waals surface area contributed by atoms with Crippen molar-refractivity contribution in [2.75, 3.05) is 13.6 Å². The molecule has 0 radical (unpaired) electrons. The second-order valence-electron chi connectivity index (χ2n) is 3.51. The number of carbonyl (C=O) groups excluding carboxylic acids is 1. The van der Waals surface area contributed by atoms with E-state index in [1.54, 1.807) is 12.1 Å². The van der Waals surface area contributed by atoms with Crippen molar-refractivity contribution in [3.05, 3.63) is 33.8 Å². The Bertz CT molecular complexity index is 396. The van der Waals surface area contributed by atoms with Gasteiger partial charge in [0, 0.05) is 11.5 Å². The van der Waals surface area contributed by atoms with Gasteiger partial charge in [-0.3, -0.25) is 4.79 Å². The van der Waals surface area contributed by atoms with Crippen LogP contribution in [0, 0.1) is 6.92 Å². The van der Waals surface area contributed by atoms with Crippen LogP contribution in [-0.2, 0) is 0 Å². The van der Waals surface area contributed by atoms with Crippen LogP contribution in [-0.4, -0.2) is 30.8 Å². The number of alkyl halides is 2. The molecule has 0 N–H and O–H groups in total. The summed E-state index contributed by atoms with van der Waals surface area (Å²) in [7, 11) is 1.36. The summed E-state index contributed by atoms with van der Waals surface area (Å²) in [5.41, 5.74) is 1.31. The summed E-state index contributed by atoms with van der Waals surface area (Å²) in [5, 5.41) is 0. The average molecular weight is 292 g/mol. The van der Waals surface area contributed by atoms with E-state index in [1.165, 1.54) is 7.05 Å². The first-order valence-corrected chi connectivity index (χ1v) is 5.51. The maximum absolute atomic E-state index is 12.1. The van der Waals surface area contributed by atoms with Crippen LogP contribution in [0.15, 0.2) is 22.7 Å². The summed E-state index contributed by atoms with van der Waals surface area (Å²) in [5.74, 6) is -0.407. The monoisotopic (exact) mass is 291 g/mol. The molecule has 5 heteroatoms. The van der Waals surface area contributed by atoms with Crippen LogP contribution in [0.4, 0.5) is 8.78 Å². The Labute approximate surface area is 101 Å². The third-order valence-electron chi connectivity index (χ3n) is 2.18. The molecular formula is C11H12BrF2NO. The zero-order valence-electron chi connectivity index (χ0n) is 9.01. The number of rotatable bonds is 3. The minimum absolute atomic E-state index is 0.406. The molecule has 0 heterocycles. The van der Waals surface area contributed by atoms with Crippen LogP contribution >= 0.6 is 15.9 Å². The standard InChI is InChI=1S/C11H12BrF2NO/c1-7-4-3-5-8(10(7)12)11(16)15(2)6-9(13)14/h3-5,9H,6H2,1-2H3. The van der Waals surface area contributed by atoms with E-state index < -0.39 is 18.9 Å². The molecule has 0 aliphatic carbocycles. The summed E-state index contributed by atoms with van der Waals surface area (Å²) in [6.07, 6.45) is -2.52. The Kier molecular flexibility index (Phi) is 4.41. The van der Waals surface area contributed by atoms with Crippen LogP contribution in [0.25, 0.3) is 0 Å². The van der Waals surface area contributed by atoms with Crippen molar-refractivity contribution in [3.63, 3.8) is 0 Å². The first-order valence-electron chi connectivity index (χ1n) is 4.72. The van der Waals surface area contributed by atoms with Gasteiger partial charge in [-0.25, -0.2) is 8.78 Å². The first kappa shape index (κ1) is 13.1. The molecule has 1 rings (SSSR count). The lowest BCUT2D eigenvalue weighted by Gasteiger charge is -2.17. The van der Waals surface area contributed by atoms with Crippen molar-refractivity contribution in [1.82, 2.24) is 4.90 Å². The SMILES string of the molecule is Cc1cccc(C(=O)N(C)CC(F)F)c1Br. The Morgan fingerprint density at radius 2 is 2.12 bits per heavy atom. The summed E-state index contributed by atoms with van der Waals surface area (Å²) >= 11 is 3.28. The molecule has 0 saturated carbocycles. The van der Waals surface area contributed by atoms with Gasteiger partial charge in [0.05, 0.1) is 12.1 Å². The first-order chi connectivity index (χ1) is 7.43. The fourth-order valence-electron chi connectivity index (χ4n) is 1.31. The Morgan fingerprint density at radius 3 is 2.69 bits per heavy atom. The van der Waals surface area contributed by atoms with Crippen molar-refractivity contribution in [3.8, 4) is 0 Å². The van der Waals surface area contributed by atoms with Gasteiger partial charge in [0.25, 0.3) is 12.3 Å². The number of hydrogen-bond acceptors (Lipinski definition) is 1. The number of benzene rings is 1. The van der Waals surface area contributed by atoms with Crippen LogP contribution in [0.5, 0.6) is 0 Å². The third kappa shape index (κ3) is 3.01. The van der Waals surface area contributed by atoms with Gasteiger partial charge in [-0.15, -0.1) is 0 Å². The van der Waals surface area contributed by atoms with E-state index in [9.17, 15) is 13.6 Å². The fraction of sp³-hybridized carbons (Fsp3) is 0.364. The highest BCUT2D eigenvalue weighted by Crippen LogP contribution is 2.22. The second-order valence-corrected chi connectivity index (χ2v) is 4.31. The van der Waals surface area contributed by atoms with Gasteiger partial charge in [-0.2, -0.15) is 0 Å². The highest BCUT2D eigenvalue weighted by atomic mass is 79.9. The molecule has 0 aromatic heterocycles.